The third-order valence-electron chi connectivity index (χ3n) is 4.11. The van der Waals surface area contributed by atoms with Crippen LogP contribution in [0.4, 0.5) is 5.13 Å². The topological polar surface area (TPSA) is 75.2 Å². The second-order valence-corrected chi connectivity index (χ2v) is 6.47. The Kier molecular flexibility index (Phi) is 3.99. The van der Waals surface area contributed by atoms with E-state index in [1.165, 1.54) is 11.3 Å². The van der Waals surface area contributed by atoms with E-state index >= 15 is 0 Å². The summed E-state index contributed by atoms with van der Waals surface area (Å²) in [5, 5.41) is 10.7. The first-order valence-electron chi connectivity index (χ1n) is 7.75. The molecule has 1 aromatic heterocycles. The molecular weight excluding hydrogens is 336 g/mol. The fraction of sp³-hybridized carbons (Fsp3) is 0.111. The molecule has 6 nitrogen and oxygen atoms in total. The fourth-order valence-corrected chi connectivity index (χ4v) is 3.44. The summed E-state index contributed by atoms with van der Waals surface area (Å²) in [6.45, 7) is 0.401. The third kappa shape index (κ3) is 2.89. The molecule has 2 amide bonds. The molecule has 124 valence electrons. The van der Waals surface area contributed by atoms with Crippen molar-refractivity contribution in [2.24, 2.45) is 0 Å². The lowest BCUT2D eigenvalue weighted by Gasteiger charge is -2.26. The van der Waals surface area contributed by atoms with Gasteiger partial charge in [-0.1, -0.05) is 59.9 Å². The van der Waals surface area contributed by atoms with Crippen LogP contribution in [0.15, 0.2) is 60.1 Å². The Bertz CT molecular complexity index is 912. The molecule has 0 saturated carbocycles. The van der Waals surface area contributed by atoms with Gasteiger partial charge >= 0.3 is 0 Å². The molecule has 0 fully saturated rings. The smallest absolute Gasteiger partial charge is 0.255 e. The molecule has 3 aromatic rings. The second-order valence-electron chi connectivity index (χ2n) is 5.64. The molecule has 0 saturated heterocycles. The molecule has 2 heterocycles. The number of nitrogens with zero attached hydrogens (tertiary/aromatic N) is 3. The summed E-state index contributed by atoms with van der Waals surface area (Å²) in [7, 11) is 0. The lowest BCUT2D eigenvalue weighted by atomic mass is 10.0. The van der Waals surface area contributed by atoms with Gasteiger partial charge in [-0.05, 0) is 17.2 Å². The van der Waals surface area contributed by atoms with E-state index in [1.807, 2.05) is 48.5 Å². The maximum atomic E-state index is 12.9. The van der Waals surface area contributed by atoms with Crippen molar-refractivity contribution >= 4 is 28.3 Å². The highest BCUT2D eigenvalue weighted by Crippen LogP contribution is 2.32. The van der Waals surface area contributed by atoms with Gasteiger partial charge in [0, 0.05) is 12.1 Å². The Morgan fingerprint density at radius 1 is 1.12 bits per heavy atom. The summed E-state index contributed by atoms with van der Waals surface area (Å²) in [4.78, 5) is 27.4. The average molecular weight is 350 g/mol. The fourth-order valence-electron chi connectivity index (χ4n) is 2.99. The zero-order valence-corrected chi connectivity index (χ0v) is 13.9. The van der Waals surface area contributed by atoms with Crippen LogP contribution in [-0.4, -0.2) is 26.9 Å². The van der Waals surface area contributed by atoms with Crippen molar-refractivity contribution in [2.45, 2.75) is 12.6 Å². The van der Waals surface area contributed by atoms with Gasteiger partial charge in [0.1, 0.15) is 11.6 Å². The lowest BCUT2D eigenvalue weighted by molar-refractivity contribution is -0.120. The minimum Gasteiger partial charge on any atom is -0.318 e. The van der Waals surface area contributed by atoms with E-state index in [-0.39, 0.29) is 11.8 Å². The van der Waals surface area contributed by atoms with Gasteiger partial charge in [-0.2, -0.15) is 0 Å². The van der Waals surface area contributed by atoms with E-state index in [0.717, 1.165) is 11.1 Å². The first kappa shape index (κ1) is 15.5. The zero-order chi connectivity index (χ0) is 17.2. The number of carbonyl (C=O) groups is 2. The highest BCUT2D eigenvalue weighted by atomic mass is 32.1. The van der Waals surface area contributed by atoms with E-state index in [9.17, 15) is 9.59 Å². The molecular formula is C18H14N4O2S. The molecule has 1 aliphatic heterocycles. The number of benzene rings is 2. The number of fused-ring (bicyclic) bond motifs is 1. The van der Waals surface area contributed by atoms with Gasteiger partial charge in [0.2, 0.25) is 5.13 Å². The Hall–Kier alpha value is -3.06. The predicted molar refractivity (Wildman–Crippen MR) is 94.0 cm³/mol. The van der Waals surface area contributed by atoms with Crippen molar-refractivity contribution in [3.05, 3.63) is 76.8 Å². The number of aromatic nitrogens is 2. The van der Waals surface area contributed by atoms with Crippen LogP contribution in [0.25, 0.3) is 0 Å². The SMILES string of the molecule is O=C(Nc1nncs1)C(c1ccccc1)N1Cc2ccccc2C1=O. The van der Waals surface area contributed by atoms with Gasteiger partial charge in [0.05, 0.1) is 0 Å². The van der Waals surface area contributed by atoms with Crippen LogP contribution >= 0.6 is 11.3 Å². The molecule has 0 bridgehead atoms. The molecule has 0 aliphatic carbocycles. The number of rotatable bonds is 4. The maximum Gasteiger partial charge on any atom is 0.255 e. The summed E-state index contributed by atoms with van der Waals surface area (Å²) < 4.78 is 0. The van der Waals surface area contributed by atoms with Gasteiger partial charge in [-0.15, -0.1) is 10.2 Å². The number of hydrogen-bond donors (Lipinski definition) is 1. The number of amides is 2. The van der Waals surface area contributed by atoms with Crippen LogP contribution in [0.5, 0.6) is 0 Å². The molecule has 1 atom stereocenters. The number of nitrogens with one attached hydrogen (secondary N) is 1. The largest absolute Gasteiger partial charge is 0.318 e. The second kappa shape index (κ2) is 6.45. The molecule has 25 heavy (non-hydrogen) atoms. The normalized spacial score (nSPS) is 14.2. The predicted octanol–water partition coefficient (Wildman–Crippen LogP) is 2.87. The van der Waals surface area contributed by atoms with E-state index in [1.54, 1.807) is 16.5 Å². The van der Waals surface area contributed by atoms with Gasteiger partial charge in [-0.3, -0.25) is 14.9 Å². The Balaban J connectivity index is 1.69. The standard InChI is InChI=1S/C18H14N4O2S/c23-16(20-18-21-19-11-25-18)15(12-6-2-1-3-7-12)22-10-13-8-4-5-9-14(13)17(22)24/h1-9,11,15H,10H2,(H,20,21,23). The van der Waals surface area contributed by atoms with Crippen LogP contribution in [0.2, 0.25) is 0 Å². The van der Waals surface area contributed by atoms with Gasteiger partial charge in [-0.25, -0.2) is 0 Å². The average Bonchev–Trinajstić information content (AvgIpc) is 3.25. The molecule has 0 spiro atoms. The van der Waals surface area contributed by atoms with Gasteiger partial charge < -0.3 is 4.90 Å². The van der Waals surface area contributed by atoms with Crippen LogP contribution in [0, 0.1) is 0 Å². The molecule has 1 unspecified atom stereocenters. The zero-order valence-electron chi connectivity index (χ0n) is 13.1. The van der Waals surface area contributed by atoms with E-state index in [0.29, 0.717) is 17.2 Å². The minimum atomic E-state index is -0.731. The summed E-state index contributed by atoms with van der Waals surface area (Å²) in [5.74, 6) is -0.444. The van der Waals surface area contributed by atoms with Gasteiger partial charge in [0.15, 0.2) is 0 Å². The highest BCUT2D eigenvalue weighted by Gasteiger charge is 2.37. The maximum absolute atomic E-state index is 12.9. The molecule has 0 radical (unpaired) electrons. The van der Waals surface area contributed by atoms with Crippen LogP contribution in [0.3, 0.4) is 0 Å². The van der Waals surface area contributed by atoms with E-state index in [2.05, 4.69) is 15.5 Å². The minimum absolute atomic E-state index is 0.142. The Morgan fingerprint density at radius 2 is 1.88 bits per heavy atom. The van der Waals surface area contributed by atoms with Crippen molar-refractivity contribution in [2.75, 3.05) is 5.32 Å². The van der Waals surface area contributed by atoms with Gasteiger partial charge in [0.25, 0.3) is 11.8 Å². The highest BCUT2D eigenvalue weighted by molar-refractivity contribution is 7.13. The first-order valence-corrected chi connectivity index (χ1v) is 8.63. The van der Waals surface area contributed by atoms with Crippen molar-refractivity contribution in [1.82, 2.24) is 15.1 Å². The van der Waals surface area contributed by atoms with Crippen LogP contribution < -0.4 is 5.32 Å². The number of hydrogen-bond acceptors (Lipinski definition) is 5. The van der Waals surface area contributed by atoms with Crippen molar-refractivity contribution in [3.63, 3.8) is 0 Å². The number of anilines is 1. The third-order valence-corrected chi connectivity index (χ3v) is 4.72. The van der Waals surface area contributed by atoms with E-state index < -0.39 is 6.04 Å². The monoisotopic (exact) mass is 350 g/mol. The molecule has 4 rings (SSSR count). The molecule has 7 heteroatoms. The molecule has 1 aliphatic rings. The molecule has 1 N–H and O–H groups in total. The van der Waals surface area contributed by atoms with Crippen LogP contribution in [0.1, 0.15) is 27.5 Å². The van der Waals surface area contributed by atoms with Crippen molar-refractivity contribution < 1.29 is 9.59 Å². The van der Waals surface area contributed by atoms with E-state index in [4.69, 9.17) is 0 Å². The quantitative estimate of drug-likeness (QED) is 0.785. The first-order chi connectivity index (χ1) is 12.2. The summed E-state index contributed by atoms with van der Waals surface area (Å²) in [5.41, 5.74) is 3.87. The summed E-state index contributed by atoms with van der Waals surface area (Å²) >= 11 is 1.24. The summed E-state index contributed by atoms with van der Waals surface area (Å²) in [6, 6.07) is 16.0. The Labute approximate surface area is 148 Å². The lowest BCUT2D eigenvalue weighted by Crippen LogP contribution is -2.37. The Morgan fingerprint density at radius 3 is 2.60 bits per heavy atom. The van der Waals surface area contributed by atoms with Crippen molar-refractivity contribution in [3.8, 4) is 0 Å². The van der Waals surface area contributed by atoms with Crippen molar-refractivity contribution in [1.29, 1.82) is 0 Å². The van der Waals surface area contributed by atoms with Crippen LogP contribution in [-0.2, 0) is 11.3 Å². The summed E-state index contributed by atoms with van der Waals surface area (Å²) in [6.07, 6.45) is 0. The number of carbonyl (C=O) groups excluding carboxylic acids is 2. The molecule has 2 aromatic carbocycles.